The Morgan fingerprint density at radius 3 is 2.04 bits per heavy atom. The van der Waals surface area contributed by atoms with E-state index in [1.807, 2.05) is 42.5 Å². The van der Waals surface area contributed by atoms with Crippen molar-refractivity contribution in [2.24, 2.45) is 0 Å². The van der Waals surface area contributed by atoms with Crippen LogP contribution in [-0.2, 0) is 0 Å². The van der Waals surface area contributed by atoms with Crippen LogP contribution in [0.5, 0.6) is 0 Å². The van der Waals surface area contributed by atoms with Gasteiger partial charge < -0.3 is 10.2 Å². The second-order valence-corrected chi connectivity index (χ2v) is 6.75. The van der Waals surface area contributed by atoms with Crippen LogP contribution in [0.4, 0.5) is 0 Å². The van der Waals surface area contributed by atoms with Gasteiger partial charge in [0, 0.05) is 12.1 Å². The Morgan fingerprint density at radius 2 is 1.42 bits per heavy atom. The van der Waals surface area contributed by atoms with Crippen molar-refractivity contribution in [2.75, 3.05) is 26.2 Å². The lowest BCUT2D eigenvalue weighted by Crippen LogP contribution is -2.28. The van der Waals surface area contributed by atoms with Gasteiger partial charge in [0.25, 0.3) is 5.91 Å². The molecule has 0 aliphatic rings. The van der Waals surface area contributed by atoms with E-state index in [1.165, 1.54) is 31.5 Å². The molecule has 3 nitrogen and oxygen atoms in total. The van der Waals surface area contributed by atoms with Crippen LogP contribution in [0.2, 0.25) is 0 Å². The van der Waals surface area contributed by atoms with Crippen LogP contribution in [0.1, 0.15) is 49.9 Å². The molecule has 26 heavy (non-hydrogen) atoms. The fourth-order valence-electron chi connectivity index (χ4n) is 3.18. The third-order valence-corrected chi connectivity index (χ3v) is 4.52. The first kappa shape index (κ1) is 20.2. The van der Waals surface area contributed by atoms with Gasteiger partial charge in [-0.25, -0.2) is 0 Å². The number of rotatable bonds is 11. The van der Waals surface area contributed by atoms with Gasteiger partial charge in [0.05, 0.1) is 0 Å². The standard InChI is InChI=1S/C23H32N2O/c1-3-17-25(18-4-2)19-9-8-16-24-23(26)22-14-12-21(13-15-22)20-10-6-5-7-11-20/h5-7,10-15H,3-4,8-9,16-19H2,1-2H3,(H,24,26). The lowest BCUT2D eigenvalue weighted by atomic mass is 10.0. The highest BCUT2D eigenvalue weighted by atomic mass is 16.1. The molecule has 3 heteroatoms. The lowest BCUT2D eigenvalue weighted by Gasteiger charge is -2.20. The van der Waals surface area contributed by atoms with E-state index in [2.05, 4.69) is 36.2 Å². The molecule has 0 fully saturated rings. The van der Waals surface area contributed by atoms with Gasteiger partial charge in [-0.2, -0.15) is 0 Å². The first-order chi connectivity index (χ1) is 12.7. The van der Waals surface area contributed by atoms with Crippen molar-refractivity contribution in [3.05, 3.63) is 60.2 Å². The Balaban J connectivity index is 1.73. The lowest BCUT2D eigenvalue weighted by molar-refractivity contribution is 0.0952. The molecule has 0 spiro atoms. The highest BCUT2D eigenvalue weighted by molar-refractivity contribution is 5.94. The smallest absolute Gasteiger partial charge is 0.251 e. The van der Waals surface area contributed by atoms with E-state index in [1.54, 1.807) is 0 Å². The minimum Gasteiger partial charge on any atom is -0.352 e. The van der Waals surface area contributed by atoms with Gasteiger partial charge in [0.15, 0.2) is 0 Å². The number of hydrogen-bond donors (Lipinski definition) is 1. The molecule has 0 aromatic heterocycles. The summed E-state index contributed by atoms with van der Waals surface area (Å²) in [4.78, 5) is 14.8. The summed E-state index contributed by atoms with van der Waals surface area (Å²) in [5, 5.41) is 3.04. The summed E-state index contributed by atoms with van der Waals surface area (Å²) in [6.45, 7) is 8.68. The molecule has 0 atom stereocenters. The second-order valence-electron chi connectivity index (χ2n) is 6.75. The molecule has 2 rings (SSSR count). The molecule has 2 aromatic rings. The summed E-state index contributed by atoms with van der Waals surface area (Å²) in [6.07, 6.45) is 4.57. The fraction of sp³-hybridized carbons (Fsp3) is 0.435. The van der Waals surface area contributed by atoms with E-state index in [0.717, 1.165) is 37.1 Å². The third-order valence-electron chi connectivity index (χ3n) is 4.52. The normalized spacial score (nSPS) is 10.9. The highest BCUT2D eigenvalue weighted by Gasteiger charge is 2.06. The zero-order valence-electron chi connectivity index (χ0n) is 16.2. The van der Waals surface area contributed by atoms with Gasteiger partial charge >= 0.3 is 0 Å². The number of hydrogen-bond acceptors (Lipinski definition) is 2. The maximum absolute atomic E-state index is 12.3. The van der Waals surface area contributed by atoms with Crippen LogP contribution in [0.25, 0.3) is 11.1 Å². The summed E-state index contributed by atoms with van der Waals surface area (Å²) in [6, 6.07) is 18.1. The Morgan fingerprint density at radius 1 is 0.808 bits per heavy atom. The number of benzene rings is 2. The molecule has 0 bridgehead atoms. The van der Waals surface area contributed by atoms with Crippen LogP contribution >= 0.6 is 0 Å². The van der Waals surface area contributed by atoms with Crippen LogP contribution in [0.3, 0.4) is 0 Å². The molecule has 0 aliphatic carbocycles. The van der Waals surface area contributed by atoms with Gasteiger partial charge in [-0.05, 0) is 68.6 Å². The zero-order chi connectivity index (χ0) is 18.6. The molecule has 0 saturated carbocycles. The first-order valence-corrected chi connectivity index (χ1v) is 9.90. The van der Waals surface area contributed by atoms with Gasteiger partial charge in [-0.1, -0.05) is 56.3 Å². The molecule has 2 aromatic carbocycles. The van der Waals surface area contributed by atoms with Crippen LogP contribution in [-0.4, -0.2) is 37.0 Å². The van der Waals surface area contributed by atoms with Crippen molar-refractivity contribution < 1.29 is 4.79 Å². The number of amides is 1. The topological polar surface area (TPSA) is 32.3 Å². The van der Waals surface area contributed by atoms with Gasteiger partial charge in [0.1, 0.15) is 0 Å². The summed E-state index contributed by atoms with van der Waals surface area (Å²) in [5.74, 6) is 0.0172. The molecule has 1 N–H and O–H groups in total. The Kier molecular flexibility index (Phi) is 8.91. The molecule has 140 valence electrons. The SMILES string of the molecule is CCCN(CCC)CCCCNC(=O)c1ccc(-c2ccccc2)cc1. The number of carbonyl (C=O) groups is 1. The average Bonchev–Trinajstić information content (AvgIpc) is 2.68. The van der Waals surface area contributed by atoms with E-state index in [0.29, 0.717) is 0 Å². The molecule has 1 amide bonds. The minimum atomic E-state index is 0.0172. The molecule has 0 heterocycles. The fourth-order valence-corrected chi connectivity index (χ4v) is 3.18. The monoisotopic (exact) mass is 352 g/mol. The van der Waals surface area contributed by atoms with E-state index >= 15 is 0 Å². The number of nitrogens with one attached hydrogen (secondary N) is 1. The predicted molar refractivity (Wildman–Crippen MR) is 110 cm³/mol. The largest absolute Gasteiger partial charge is 0.352 e. The summed E-state index contributed by atoms with van der Waals surface area (Å²) in [7, 11) is 0. The predicted octanol–water partition coefficient (Wildman–Crippen LogP) is 4.99. The van der Waals surface area contributed by atoms with Crippen LogP contribution in [0.15, 0.2) is 54.6 Å². The molecule has 0 unspecified atom stereocenters. The summed E-state index contributed by atoms with van der Waals surface area (Å²) in [5.41, 5.74) is 3.03. The maximum atomic E-state index is 12.3. The Labute approximate surface area is 158 Å². The Bertz CT molecular complexity index is 631. The molecular weight excluding hydrogens is 320 g/mol. The average molecular weight is 353 g/mol. The third kappa shape index (κ3) is 6.64. The Hall–Kier alpha value is -2.13. The molecule has 0 aliphatic heterocycles. The molecule has 0 radical (unpaired) electrons. The molecular formula is C23H32N2O. The van der Waals surface area contributed by atoms with Crippen LogP contribution in [0, 0.1) is 0 Å². The van der Waals surface area contributed by atoms with Crippen molar-refractivity contribution in [3.63, 3.8) is 0 Å². The second kappa shape index (κ2) is 11.5. The summed E-state index contributed by atoms with van der Waals surface area (Å²) >= 11 is 0. The number of nitrogens with zero attached hydrogens (tertiary/aromatic N) is 1. The number of carbonyl (C=O) groups excluding carboxylic acids is 1. The van der Waals surface area contributed by atoms with Gasteiger partial charge in [0.2, 0.25) is 0 Å². The van der Waals surface area contributed by atoms with Crippen molar-refractivity contribution >= 4 is 5.91 Å². The van der Waals surface area contributed by atoms with E-state index < -0.39 is 0 Å². The van der Waals surface area contributed by atoms with E-state index in [9.17, 15) is 4.79 Å². The summed E-state index contributed by atoms with van der Waals surface area (Å²) < 4.78 is 0. The van der Waals surface area contributed by atoms with E-state index in [-0.39, 0.29) is 5.91 Å². The van der Waals surface area contributed by atoms with Crippen molar-refractivity contribution in [1.29, 1.82) is 0 Å². The maximum Gasteiger partial charge on any atom is 0.251 e. The highest BCUT2D eigenvalue weighted by Crippen LogP contribution is 2.19. The van der Waals surface area contributed by atoms with Crippen molar-refractivity contribution in [3.8, 4) is 11.1 Å². The van der Waals surface area contributed by atoms with Crippen molar-refractivity contribution in [1.82, 2.24) is 10.2 Å². The van der Waals surface area contributed by atoms with Gasteiger partial charge in [-0.15, -0.1) is 0 Å². The minimum absolute atomic E-state index is 0.0172. The van der Waals surface area contributed by atoms with Crippen LogP contribution < -0.4 is 5.32 Å². The van der Waals surface area contributed by atoms with E-state index in [4.69, 9.17) is 0 Å². The zero-order valence-corrected chi connectivity index (χ0v) is 16.2. The molecule has 0 saturated heterocycles. The van der Waals surface area contributed by atoms with Gasteiger partial charge in [-0.3, -0.25) is 4.79 Å². The number of unbranched alkanes of at least 4 members (excludes halogenated alkanes) is 1. The van der Waals surface area contributed by atoms with Crippen molar-refractivity contribution in [2.45, 2.75) is 39.5 Å². The quantitative estimate of drug-likeness (QED) is 0.578. The first-order valence-electron chi connectivity index (χ1n) is 9.90.